The van der Waals surface area contributed by atoms with Crippen LogP contribution in [0.3, 0.4) is 0 Å². The first kappa shape index (κ1) is 13.9. The van der Waals surface area contributed by atoms with Crippen LogP contribution in [0.15, 0.2) is 61.1 Å². The van der Waals surface area contributed by atoms with Crippen molar-refractivity contribution in [3.05, 3.63) is 66.9 Å². The molecular formula is C18H13N5O2. The molecule has 4 heterocycles. The van der Waals surface area contributed by atoms with Gasteiger partial charge in [-0.15, -0.1) is 5.10 Å². The topological polar surface area (TPSA) is 74.4 Å². The molecule has 0 N–H and O–H groups in total. The summed E-state index contributed by atoms with van der Waals surface area (Å²) >= 11 is 0. The quantitative estimate of drug-likeness (QED) is 0.562. The summed E-state index contributed by atoms with van der Waals surface area (Å²) in [4.78, 5) is 13.0. The first-order chi connectivity index (χ1) is 12.4. The highest BCUT2D eigenvalue weighted by atomic mass is 16.6. The van der Waals surface area contributed by atoms with Gasteiger partial charge >= 0.3 is 0 Å². The van der Waals surface area contributed by atoms with Crippen LogP contribution < -0.4 is 9.47 Å². The minimum Gasteiger partial charge on any atom is -0.485 e. The number of fused-ring (bicyclic) bond motifs is 2. The molecule has 122 valence electrons. The number of para-hydroxylation sites is 2. The minimum absolute atomic E-state index is 0.357. The molecule has 5 rings (SSSR count). The van der Waals surface area contributed by atoms with Crippen molar-refractivity contribution in [2.24, 2.45) is 0 Å². The second-order valence-corrected chi connectivity index (χ2v) is 5.62. The molecule has 25 heavy (non-hydrogen) atoms. The third kappa shape index (κ3) is 2.37. The van der Waals surface area contributed by atoms with E-state index >= 15 is 0 Å². The fourth-order valence-corrected chi connectivity index (χ4v) is 2.83. The Kier molecular flexibility index (Phi) is 3.09. The van der Waals surface area contributed by atoms with E-state index in [-0.39, 0.29) is 6.10 Å². The molecule has 0 aliphatic carbocycles. The first-order valence-corrected chi connectivity index (χ1v) is 7.89. The van der Waals surface area contributed by atoms with Gasteiger partial charge in [-0.3, -0.25) is 4.98 Å². The third-order valence-electron chi connectivity index (χ3n) is 4.01. The van der Waals surface area contributed by atoms with Gasteiger partial charge in [0.15, 0.2) is 23.4 Å². The van der Waals surface area contributed by atoms with Crippen LogP contribution in [0.2, 0.25) is 0 Å². The number of hydrogen-bond donors (Lipinski definition) is 0. The Morgan fingerprint density at radius 2 is 1.92 bits per heavy atom. The van der Waals surface area contributed by atoms with Gasteiger partial charge < -0.3 is 9.47 Å². The number of ether oxygens (including phenoxy) is 2. The monoisotopic (exact) mass is 331 g/mol. The van der Waals surface area contributed by atoms with Crippen LogP contribution in [0.25, 0.3) is 17.0 Å². The van der Waals surface area contributed by atoms with Crippen molar-refractivity contribution in [2.45, 2.75) is 6.10 Å². The molecular weight excluding hydrogens is 318 g/mol. The van der Waals surface area contributed by atoms with Gasteiger partial charge in [0.05, 0.1) is 5.69 Å². The van der Waals surface area contributed by atoms with Crippen molar-refractivity contribution in [2.75, 3.05) is 6.61 Å². The van der Waals surface area contributed by atoms with Crippen LogP contribution in [0.1, 0.15) is 11.9 Å². The Hall–Kier alpha value is -3.48. The number of hydrogen-bond acceptors (Lipinski definition) is 6. The molecule has 1 aliphatic heterocycles. The third-order valence-corrected chi connectivity index (χ3v) is 4.01. The van der Waals surface area contributed by atoms with Crippen molar-refractivity contribution >= 4 is 5.78 Å². The van der Waals surface area contributed by atoms with Crippen molar-refractivity contribution in [1.82, 2.24) is 24.6 Å². The van der Waals surface area contributed by atoms with Crippen molar-refractivity contribution in [3.8, 4) is 22.8 Å². The van der Waals surface area contributed by atoms with Crippen molar-refractivity contribution in [3.63, 3.8) is 0 Å². The maximum atomic E-state index is 5.99. The first-order valence-electron chi connectivity index (χ1n) is 7.89. The zero-order chi connectivity index (χ0) is 16.6. The largest absolute Gasteiger partial charge is 0.485 e. The number of nitrogens with zero attached hydrogens (tertiary/aromatic N) is 5. The summed E-state index contributed by atoms with van der Waals surface area (Å²) in [5.74, 6) is 2.48. The summed E-state index contributed by atoms with van der Waals surface area (Å²) < 4.78 is 13.5. The number of benzene rings is 1. The Balaban J connectivity index is 1.56. The van der Waals surface area contributed by atoms with Gasteiger partial charge in [-0.25, -0.2) is 4.98 Å². The van der Waals surface area contributed by atoms with Crippen LogP contribution in [0.5, 0.6) is 11.5 Å². The molecule has 0 saturated carbocycles. The van der Waals surface area contributed by atoms with E-state index in [0.29, 0.717) is 24.0 Å². The number of rotatable bonds is 2. The van der Waals surface area contributed by atoms with Crippen molar-refractivity contribution in [1.29, 1.82) is 0 Å². The summed E-state index contributed by atoms with van der Waals surface area (Å²) in [7, 11) is 0. The lowest BCUT2D eigenvalue weighted by Gasteiger charge is -2.24. The normalized spacial score (nSPS) is 16.1. The molecule has 0 spiro atoms. The molecule has 0 fully saturated rings. The molecule has 7 nitrogen and oxygen atoms in total. The Bertz CT molecular complexity index is 1050. The smallest absolute Gasteiger partial charge is 0.253 e. The second-order valence-electron chi connectivity index (χ2n) is 5.62. The zero-order valence-corrected chi connectivity index (χ0v) is 13.1. The van der Waals surface area contributed by atoms with Gasteiger partial charge in [-0.2, -0.15) is 9.50 Å². The highest BCUT2D eigenvalue weighted by Crippen LogP contribution is 2.35. The average Bonchev–Trinajstić information content (AvgIpc) is 3.12. The van der Waals surface area contributed by atoms with E-state index in [1.165, 1.54) is 0 Å². The van der Waals surface area contributed by atoms with E-state index in [1.54, 1.807) is 23.1 Å². The lowest BCUT2D eigenvalue weighted by molar-refractivity contribution is 0.0852. The predicted octanol–water partition coefficient (Wildman–Crippen LogP) is 2.70. The molecule has 0 radical (unpaired) electrons. The van der Waals surface area contributed by atoms with Gasteiger partial charge in [0, 0.05) is 24.2 Å². The summed E-state index contributed by atoms with van der Waals surface area (Å²) in [5, 5.41) is 4.60. The van der Waals surface area contributed by atoms with Gasteiger partial charge in [0.2, 0.25) is 0 Å². The van der Waals surface area contributed by atoms with E-state index in [0.717, 1.165) is 17.0 Å². The lowest BCUT2D eigenvalue weighted by Crippen LogP contribution is -2.22. The van der Waals surface area contributed by atoms with E-state index in [2.05, 4.69) is 20.1 Å². The zero-order valence-electron chi connectivity index (χ0n) is 13.1. The summed E-state index contributed by atoms with van der Waals surface area (Å²) in [5.41, 5.74) is 1.81. The second kappa shape index (κ2) is 5.55. The van der Waals surface area contributed by atoms with Crippen LogP contribution >= 0.6 is 0 Å². The SMILES string of the molecule is c1cncc(-c2ccnc3nc(C4COc5ccccc5O4)nn23)c1. The standard InChI is InChI=1S/C18H13N5O2/c1-2-6-15-14(5-1)24-11-16(25-15)17-21-18-20-9-7-13(23(18)22-17)12-4-3-8-19-10-12/h1-10,16H,11H2. The maximum Gasteiger partial charge on any atom is 0.253 e. The van der Waals surface area contributed by atoms with E-state index in [9.17, 15) is 0 Å². The average molecular weight is 331 g/mol. The number of aromatic nitrogens is 5. The fourth-order valence-electron chi connectivity index (χ4n) is 2.83. The summed E-state index contributed by atoms with van der Waals surface area (Å²) in [6.07, 6.45) is 4.86. The van der Waals surface area contributed by atoms with Gasteiger partial charge in [-0.1, -0.05) is 12.1 Å². The van der Waals surface area contributed by atoms with Crippen molar-refractivity contribution < 1.29 is 9.47 Å². The number of pyridine rings is 1. The van der Waals surface area contributed by atoms with Gasteiger partial charge in [0.1, 0.15) is 6.61 Å². The summed E-state index contributed by atoms with van der Waals surface area (Å²) in [6.45, 7) is 0.357. The molecule has 3 aromatic heterocycles. The Morgan fingerprint density at radius 3 is 2.80 bits per heavy atom. The highest BCUT2D eigenvalue weighted by molar-refractivity contribution is 5.60. The lowest BCUT2D eigenvalue weighted by atomic mass is 10.2. The fraction of sp³-hybridized carbons (Fsp3) is 0.111. The molecule has 0 saturated heterocycles. The molecule has 7 heteroatoms. The van der Waals surface area contributed by atoms with Crippen LogP contribution in [-0.2, 0) is 0 Å². The Labute approximate surface area is 142 Å². The molecule has 1 aliphatic rings. The van der Waals surface area contributed by atoms with E-state index in [4.69, 9.17) is 9.47 Å². The van der Waals surface area contributed by atoms with Crippen LogP contribution in [-0.4, -0.2) is 31.2 Å². The molecule has 1 aromatic carbocycles. The molecule has 4 aromatic rings. The maximum absolute atomic E-state index is 5.99. The molecule has 1 atom stereocenters. The molecule has 0 amide bonds. The van der Waals surface area contributed by atoms with E-state index in [1.807, 2.05) is 42.5 Å². The minimum atomic E-state index is -0.377. The Morgan fingerprint density at radius 1 is 1.00 bits per heavy atom. The highest BCUT2D eigenvalue weighted by Gasteiger charge is 2.26. The van der Waals surface area contributed by atoms with Gasteiger partial charge in [0.25, 0.3) is 5.78 Å². The van der Waals surface area contributed by atoms with Crippen LogP contribution in [0, 0.1) is 0 Å². The summed E-state index contributed by atoms with van der Waals surface area (Å²) in [6, 6.07) is 13.3. The van der Waals surface area contributed by atoms with Crippen LogP contribution in [0.4, 0.5) is 0 Å². The van der Waals surface area contributed by atoms with E-state index < -0.39 is 0 Å². The predicted molar refractivity (Wildman–Crippen MR) is 89.3 cm³/mol. The molecule has 1 unspecified atom stereocenters. The van der Waals surface area contributed by atoms with Gasteiger partial charge in [-0.05, 0) is 30.3 Å². The molecule has 0 bridgehead atoms.